The van der Waals surface area contributed by atoms with Crippen molar-refractivity contribution in [1.29, 1.82) is 0 Å². The van der Waals surface area contributed by atoms with Crippen LogP contribution in [0.2, 0.25) is 0 Å². The Labute approximate surface area is 187 Å². The van der Waals surface area contributed by atoms with Crippen LogP contribution in [0.3, 0.4) is 0 Å². The minimum Gasteiger partial charge on any atom is -0.468 e. The molecule has 166 valence electrons. The SMILES string of the molecule is COC(=O)[C@]1(C(=O)N(C)c2ccccc2)C[C@@H]2C=C[C@H]1N(C(=O)OCc1ccccc1)C2. The predicted molar refractivity (Wildman–Crippen MR) is 119 cm³/mol. The van der Waals surface area contributed by atoms with Crippen molar-refractivity contribution < 1.29 is 23.9 Å². The van der Waals surface area contributed by atoms with Gasteiger partial charge in [-0.25, -0.2) is 4.79 Å². The zero-order valence-corrected chi connectivity index (χ0v) is 18.1. The summed E-state index contributed by atoms with van der Waals surface area (Å²) in [6.45, 7) is 0.496. The molecule has 7 heteroatoms. The van der Waals surface area contributed by atoms with E-state index in [0.29, 0.717) is 12.2 Å². The van der Waals surface area contributed by atoms with Gasteiger partial charge in [-0.3, -0.25) is 14.5 Å². The molecule has 2 heterocycles. The zero-order valence-electron chi connectivity index (χ0n) is 18.1. The standard InChI is InChI=1S/C25H26N2O5/c1-26(20-11-7-4-8-12-20)22(28)25(23(29)31-2)15-19-13-14-21(25)27(16-19)24(30)32-17-18-9-5-3-6-10-18/h3-14,19,21H,15-17H2,1-2H3/t19-,21+,25+/m0/s1. The molecule has 0 radical (unpaired) electrons. The number of hydrogen-bond acceptors (Lipinski definition) is 5. The molecular weight excluding hydrogens is 408 g/mol. The number of amides is 2. The first kappa shape index (κ1) is 21.6. The molecule has 5 rings (SSSR count). The summed E-state index contributed by atoms with van der Waals surface area (Å²) in [5.74, 6) is -1.21. The van der Waals surface area contributed by atoms with Crippen LogP contribution in [0.15, 0.2) is 72.8 Å². The topological polar surface area (TPSA) is 76.2 Å². The van der Waals surface area contributed by atoms with Crippen LogP contribution in [-0.2, 0) is 25.7 Å². The summed E-state index contributed by atoms with van der Waals surface area (Å²) in [4.78, 5) is 42.8. The molecule has 7 nitrogen and oxygen atoms in total. The van der Waals surface area contributed by atoms with E-state index in [1.807, 2.05) is 54.6 Å². The van der Waals surface area contributed by atoms with Gasteiger partial charge in [0.05, 0.1) is 13.2 Å². The highest BCUT2D eigenvalue weighted by molar-refractivity contribution is 6.11. The molecule has 0 saturated carbocycles. The van der Waals surface area contributed by atoms with E-state index in [-0.39, 0.29) is 18.9 Å². The van der Waals surface area contributed by atoms with E-state index in [4.69, 9.17) is 9.47 Å². The number of piperidine rings is 1. The van der Waals surface area contributed by atoms with Crippen LogP contribution in [0, 0.1) is 11.3 Å². The lowest BCUT2D eigenvalue weighted by atomic mass is 9.64. The van der Waals surface area contributed by atoms with E-state index in [1.165, 1.54) is 16.9 Å². The van der Waals surface area contributed by atoms with Gasteiger partial charge in [-0.15, -0.1) is 0 Å². The highest BCUT2D eigenvalue weighted by Gasteiger charge is 2.62. The Morgan fingerprint density at radius 2 is 1.69 bits per heavy atom. The van der Waals surface area contributed by atoms with Crippen molar-refractivity contribution in [2.45, 2.75) is 19.1 Å². The molecule has 2 aromatic rings. The van der Waals surface area contributed by atoms with Gasteiger partial charge >= 0.3 is 12.1 Å². The van der Waals surface area contributed by atoms with Gasteiger partial charge in [0.2, 0.25) is 5.91 Å². The number of para-hydroxylation sites is 1. The third-order valence-corrected chi connectivity index (χ3v) is 6.24. The highest BCUT2D eigenvalue weighted by Crippen LogP contribution is 2.46. The van der Waals surface area contributed by atoms with Crippen LogP contribution < -0.4 is 4.90 Å². The second-order valence-corrected chi connectivity index (χ2v) is 8.15. The number of rotatable bonds is 5. The molecule has 3 atom stereocenters. The summed E-state index contributed by atoms with van der Waals surface area (Å²) in [6.07, 6.45) is 3.44. The molecule has 0 unspecified atom stereocenters. The summed E-state index contributed by atoms with van der Waals surface area (Å²) in [6, 6.07) is 17.7. The summed E-state index contributed by atoms with van der Waals surface area (Å²) < 4.78 is 10.6. The molecule has 1 saturated heterocycles. The fourth-order valence-electron chi connectivity index (χ4n) is 4.64. The van der Waals surface area contributed by atoms with E-state index in [0.717, 1.165) is 5.56 Å². The van der Waals surface area contributed by atoms with Gasteiger partial charge in [0, 0.05) is 19.3 Å². The number of esters is 1. The Hall–Kier alpha value is -3.61. The summed E-state index contributed by atoms with van der Waals surface area (Å²) in [5.41, 5.74) is -0.0231. The van der Waals surface area contributed by atoms with Crippen molar-refractivity contribution in [2.24, 2.45) is 11.3 Å². The molecule has 1 fully saturated rings. The predicted octanol–water partition coefficient (Wildman–Crippen LogP) is 3.41. The molecule has 0 aromatic heterocycles. The zero-order chi connectivity index (χ0) is 22.7. The first-order chi connectivity index (χ1) is 15.5. The van der Waals surface area contributed by atoms with Crippen LogP contribution in [0.4, 0.5) is 10.5 Å². The molecule has 0 N–H and O–H groups in total. The number of anilines is 1. The first-order valence-electron chi connectivity index (χ1n) is 10.5. The Kier molecular flexibility index (Phi) is 5.99. The molecule has 32 heavy (non-hydrogen) atoms. The number of hydrogen-bond donors (Lipinski definition) is 0. The van der Waals surface area contributed by atoms with Crippen molar-refractivity contribution in [2.75, 3.05) is 25.6 Å². The number of benzene rings is 2. The molecular formula is C25H26N2O5. The van der Waals surface area contributed by atoms with E-state index >= 15 is 0 Å². The molecule has 0 spiro atoms. The minimum absolute atomic E-state index is 0.111. The molecule has 2 bridgehead atoms. The quantitative estimate of drug-likeness (QED) is 0.410. The van der Waals surface area contributed by atoms with Crippen LogP contribution >= 0.6 is 0 Å². The van der Waals surface area contributed by atoms with Gasteiger partial charge in [-0.1, -0.05) is 60.7 Å². The normalized spacial score (nSPS) is 23.5. The maximum atomic E-state index is 13.8. The fourth-order valence-corrected chi connectivity index (χ4v) is 4.64. The molecule has 2 aromatic carbocycles. The molecule has 2 aliphatic heterocycles. The lowest BCUT2D eigenvalue weighted by Crippen LogP contribution is -2.66. The van der Waals surface area contributed by atoms with Crippen LogP contribution in [0.1, 0.15) is 12.0 Å². The Morgan fingerprint density at radius 3 is 2.31 bits per heavy atom. The van der Waals surface area contributed by atoms with Crippen LogP contribution in [0.25, 0.3) is 0 Å². The van der Waals surface area contributed by atoms with E-state index in [9.17, 15) is 14.4 Å². The third kappa shape index (κ3) is 3.75. The number of carbonyl (C=O) groups is 3. The van der Waals surface area contributed by atoms with Crippen molar-refractivity contribution >= 4 is 23.7 Å². The van der Waals surface area contributed by atoms with Crippen LogP contribution in [-0.4, -0.2) is 49.6 Å². The number of carbonyl (C=O) groups excluding carboxylic acids is 3. The van der Waals surface area contributed by atoms with Crippen LogP contribution in [0.5, 0.6) is 0 Å². The summed E-state index contributed by atoms with van der Waals surface area (Å²) in [7, 11) is 2.90. The summed E-state index contributed by atoms with van der Waals surface area (Å²) in [5, 5.41) is 0. The van der Waals surface area contributed by atoms with Gasteiger partial charge < -0.3 is 14.4 Å². The average Bonchev–Trinajstić information content (AvgIpc) is 2.87. The monoisotopic (exact) mass is 434 g/mol. The Morgan fingerprint density at radius 1 is 1.03 bits per heavy atom. The maximum Gasteiger partial charge on any atom is 0.410 e. The van der Waals surface area contributed by atoms with Crippen molar-refractivity contribution in [3.8, 4) is 0 Å². The highest BCUT2D eigenvalue weighted by atomic mass is 16.6. The molecule has 3 aliphatic rings. The van der Waals surface area contributed by atoms with E-state index in [1.54, 1.807) is 25.3 Å². The van der Waals surface area contributed by atoms with Crippen molar-refractivity contribution in [3.63, 3.8) is 0 Å². The second-order valence-electron chi connectivity index (χ2n) is 8.15. The summed E-state index contributed by atoms with van der Waals surface area (Å²) >= 11 is 0. The van der Waals surface area contributed by atoms with E-state index < -0.39 is 29.4 Å². The van der Waals surface area contributed by atoms with Gasteiger partial charge in [0.1, 0.15) is 6.61 Å². The maximum absolute atomic E-state index is 13.8. The van der Waals surface area contributed by atoms with Gasteiger partial charge in [0.25, 0.3) is 0 Å². The lowest BCUT2D eigenvalue weighted by Gasteiger charge is -2.51. The number of methoxy groups -OCH3 is 1. The molecule has 2 amide bonds. The van der Waals surface area contributed by atoms with Crippen molar-refractivity contribution in [1.82, 2.24) is 4.90 Å². The number of nitrogens with zero attached hydrogens (tertiary/aromatic N) is 2. The fraction of sp³-hybridized carbons (Fsp3) is 0.320. The van der Waals surface area contributed by atoms with Gasteiger partial charge in [-0.05, 0) is 30.0 Å². The first-order valence-corrected chi connectivity index (χ1v) is 10.5. The van der Waals surface area contributed by atoms with E-state index in [2.05, 4.69) is 0 Å². The molecule has 1 aliphatic carbocycles. The smallest absolute Gasteiger partial charge is 0.410 e. The number of fused-ring (bicyclic) bond motifs is 2. The second kappa shape index (κ2) is 8.86. The largest absolute Gasteiger partial charge is 0.468 e. The minimum atomic E-state index is -1.54. The van der Waals surface area contributed by atoms with Crippen molar-refractivity contribution in [3.05, 3.63) is 78.4 Å². The average molecular weight is 434 g/mol. The Balaban J connectivity index is 1.62. The lowest BCUT2D eigenvalue weighted by molar-refractivity contribution is -0.166. The van der Waals surface area contributed by atoms with Gasteiger partial charge in [-0.2, -0.15) is 0 Å². The van der Waals surface area contributed by atoms with Gasteiger partial charge in [0.15, 0.2) is 5.41 Å². The Bertz CT molecular complexity index is 1020. The third-order valence-electron chi connectivity index (χ3n) is 6.24. The number of ether oxygens (including phenoxy) is 2.